The van der Waals surface area contributed by atoms with Crippen LogP contribution in [0.15, 0.2) is 24.9 Å². The monoisotopic (exact) mass is 274 g/mol. The predicted molar refractivity (Wildman–Crippen MR) is 71.8 cm³/mol. The van der Waals surface area contributed by atoms with Crippen LogP contribution in [0.4, 0.5) is 0 Å². The number of amides is 1. The number of likely N-dealkylation sites (tertiary alicyclic amines) is 1. The summed E-state index contributed by atoms with van der Waals surface area (Å²) in [6, 6.07) is 1.99. The lowest BCUT2D eigenvalue weighted by Crippen LogP contribution is -2.39. The molecule has 1 amide bonds. The third-order valence-corrected chi connectivity index (χ3v) is 3.76. The molecule has 0 bridgehead atoms. The molecule has 2 aromatic heterocycles. The molecule has 7 heteroatoms. The molecule has 0 spiro atoms. The van der Waals surface area contributed by atoms with Crippen molar-refractivity contribution in [2.75, 3.05) is 13.1 Å². The largest absolute Gasteiger partial charge is 0.342 e. The van der Waals surface area contributed by atoms with Crippen molar-refractivity contribution in [1.82, 2.24) is 29.9 Å². The van der Waals surface area contributed by atoms with Crippen LogP contribution in [0, 0.1) is 0 Å². The number of aromatic nitrogens is 5. The summed E-state index contributed by atoms with van der Waals surface area (Å²) in [6.07, 6.45) is 7.50. The first kappa shape index (κ1) is 12.8. The van der Waals surface area contributed by atoms with Gasteiger partial charge in [0, 0.05) is 37.3 Å². The van der Waals surface area contributed by atoms with E-state index in [0.717, 1.165) is 31.6 Å². The predicted octanol–water partition coefficient (Wildman–Crippen LogP) is 0.797. The van der Waals surface area contributed by atoms with Crippen molar-refractivity contribution in [2.45, 2.75) is 31.7 Å². The number of piperidine rings is 1. The van der Waals surface area contributed by atoms with Crippen molar-refractivity contribution >= 4 is 5.91 Å². The Labute approximate surface area is 117 Å². The summed E-state index contributed by atoms with van der Waals surface area (Å²) >= 11 is 0. The van der Waals surface area contributed by atoms with Crippen LogP contribution in [0.3, 0.4) is 0 Å². The highest BCUT2D eigenvalue weighted by Gasteiger charge is 2.25. The Morgan fingerprint density at radius 3 is 3.20 bits per heavy atom. The van der Waals surface area contributed by atoms with Crippen LogP contribution in [0.1, 0.15) is 30.9 Å². The number of carbonyl (C=O) groups is 1. The summed E-state index contributed by atoms with van der Waals surface area (Å²) < 4.78 is 1.69. The molecule has 1 aliphatic heterocycles. The molecule has 1 aliphatic rings. The minimum Gasteiger partial charge on any atom is -0.342 e. The van der Waals surface area contributed by atoms with Crippen LogP contribution >= 0.6 is 0 Å². The third kappa shape index (κ3) is 2.87. The Kier molecular flexibility index (Phi) is 3.76. The molecule has 1 N–H and O–H groups in total. The number of nitrogens with one attached hydrogen (secondary N) is 1. The van der Waals surface area contributed by atoms with Crippen molar-refractivity contribution in [2.24, 2.45) is 0 Å². The first-order valence-corrected chi connectivity index (χ1v) is 6.92. The summed E-state index contributed by atoms with van der Waals surface area (Å²) in [6.45, 7) is 2.21. The Hall–Kier alpha value is -2.18. The van der Waals surface area contributed by atoms with E-state index >= 15 is 0 Å². The van der Waals surface area contributed by atoms with Gasteiger partial charge in [0.15, 0.2) is 0 Å². The molecule has 106 valence electrons. The molecule has 0 saturated carbocycles. The van der Waals surface area contributed by atoms with E-state index in [4.69, 9.17) is 0 Å². The van der Waals surface area contributed by atoms with Gasteiger partial charge in [0.25, 0.3) is 0 Å². The van der Waals surface area contributed by atoms with Gasteiger partial charge in [-0.05, 0) is 18.9 Å². The number of rotatable bonds is 4. The molecule has 1 atom stereocenters. The molecule has 1 fully saturated rings. The van der Waals surface area contributed by atoms with Crippen LogP contribution in [-0.2, 0) is 11.3 Å². The molecule has 3 rings (SSSR count). The minimum atomic E-state index is 0.185. The van der Waals surface area contributed by atoms with E-state index in [0.29, 0.717) is 18.9 Å². The van der Waals surface area contributed by atoms with Crippen molar-refractivity contribution in [3.8, 4) is 0 Å². The third-order valence-electron chi connectivity index (χ3n) is 3.76. The second-order valence-corrected chi connectivity index (χ2v) is 5.10. The van der Waals surface area contributed by atoms with Gasteiger partial charge >= 0.3 is 0 Å². The fourth-order valence-electron chi connectivity index (χ4n) is 2.67. The smallest absolute Gasteiger partial charge is 0.224 e. The number of hydrogen-bond acceptors (Lipinski definition) is 4. The molecule has 0 radical (unpaired) electrons. The zero-order chi connectivity index (χ0) is 13.8. The maximum absolute atomic E-state index is 12.2. The van der Waals surface area contributed by atoms with Crippen molar-refractivity contribution in [3.05, 3.63) is 30.6 Å². The van der Waals surface area contributed by atoms with Crippen molar-refractivity contribution in [3.63, 3.8) is 0 Å². The normalized spacial score (nSPS) is 19.2. The van der Waals surface area contributed by atoms with Crippen LogP contribution in [-0.4, -0.2) is 48.9 Å². The van der Waals surface area contributed by atoms with Gasteiger partial charge in [-0.2, -0.15) is 10.2 Å². The van der Waals surface area contributed by atoms with Gasteiger partial charge in [-0.25, -0.2) is 4.98 Å². The van der Waals surface area contributed by atoms with E-state index in [-0.39, 0.29) is 5.91 Å². The lowest BCUT2D eigenvalue weighted by molar-refractivity contribution is -0.132. The molecule has 0 aromatic carbocycles. The van der Waals surface area contributed by atoms with E-state index in [9.17, 15) is 4.79 Å². The molecule has 1 saturated heterocycles. The summed E-state index contributed by atoms with van der Waals surface area (Å²) in [7, 11) is 0. The molecule has 20 heavy (non-hydrogen) atoms. The zero-order valence-corrected chi connectivity index (χ0v) is 11.3. The SMILES string of the molecule is O=C(CCn1cncn1)N1CCC[C@H](c2ccn[nH]2)C1. The number of nitrogens with zero attached hydrogens (tertiary/aromatic N) is 5. The molecule has 0 aliphatic carbocycles. The number of aromatic amines is 1. The Morgan fingerprint density at radius 2 is 2.45 bits per heavy atom. The molecule has 7 nitrogen and oxygen atoms in total. The molecular formula is C13H18N6O. The molecule has 2 aromatic rings. The van der Waals surface area contributed by atoms with Gasteiger partial charge < -0.3 is 4.90 Å². The topological polar surface area (TPSA) is 79.7 Å². The zero-order valence-electron chi connectivity index (χ0n) is 11.3. The maximum atomic E-state index is 12.2. The standard InChI is InChI=1S/C13H18N6O/c20-13(4-7-19-10-14-9-16-19)18-6-1-2-11(8-18)12-3-5-15-17-12/h3,5,9-11H,1-2,4,6-8H2,(H,15,17)/t11-/m0/s1. The van der Waals surface area contributed by atoms with Crippen molar-refractivity contribution in [1.29, 1.82) is 0 Å². The second-order valence-electron chi connectivity index (χ2n) is 5.10. The lowest BCUT2D eigenvalue weighted by atomic mass is 9.95. The molecule has 3 heterocycles. The first-order valence-electron chi connectivity index (χ1n) is 6.92. The average Bonchev–Trinajstić information content (AvgIpc) is 3.18. The molecular weight excluding hydrogens is 256 g/mol. The highest BCUT2D eigenvalue weighted by Crippen LogP contribution is 2.25. The van der Waals surface area contributed by atoms with Gasteiger partial charge in [0.2, 0.25) is 5.91 Å². The van der Waals surface area contributed by atoms with E-state index in [1.165, 1.54) is 6.33 Å². The number of carbonyl (C=O) groups excluding carboxylic acids is 1. The van der Waals surface area contributed by atoms with Gasteiger partial charge in [-0.15, -0.1) is 0 Å². The second kappa shape index (κ2) is 5.85. The summed E-state index contributed by atoms with van der Waals surface area (Å²) in [5.74, 6) is 0.561. The minimum absolute atomic E-state index is 0.185. The Morgan fingerprint density at radius 1 is 1.50 bits per heavy atom. The fraction of sp³-hybridized carbons (Fsp3) is 0.538. The maximum Gasteiger partial charge on any atom is 0.224 e. The quantitative estimate of drug-likeness (QED) is 0.894. The summed E-state index contributed by atoms with van der Waals surface area (Å²) in [5.41, 5.74) is 1.12. The first-order chi connectivity index (χ1) is 9.83. The van der Waals surface area contributed by atoms with Crippen molar-refractivity contribution < 1.29 is 4.79 Å². The average molecular weight is 274 g/mol. The van der Waals surface area contributed by atoms with Gasteiger partial charge in [0.1, 0.15) is 12.7 Å². The lowest BCUT2D eigenvalue weighted by Gasteiger charge is -2.32. The van der Waals surface area contributed by atoms with Crippen LogP contribution in [0.25, 0.3) is 0 Å². The number of H-pyrrole nitrogens is 1. The summed E-state index contributed by atoms with van der Waals surface area (Å²) in [4.78, 5) is 18.1. The van der Waals surface area contributed by atoms with E-state index in [2.05, 4.69) is 20.3 Å². The highest BCUT2D eigenvalue weighted by molar-refractivity contribution is 5.76. The van der Waals surface area contributed by atoms with E-state index in [1.54, 1.807) is 17.2 Å². The fourth-order valence-corrected chi connectivity index (χ4v) is 2.67. The Bertz CT molecular complexity index is 535. The van der Waals surface area contributed by atoms with Gasteiger partial charge in [-0.3, -0.25) is 14.6 Å². The number of aryl methyl sites for hydroxylation is 1. The van der Waals surface area contributed by atoms with Crippen LogP contribution < -0.4 is 0 Å². The van der Waals surface area contributed by atoms with Crippen LogP contribution in [0.5, 0.6) is 0 Å². The van der Waals surface area contributed by atoms with Gasteiger partial charge in [-0.1, -0.05) is 0 Å². The van der Waals surface area contributed by atoms with Gasteiger partial charge in [0.05, 0.1) is 6.54 Å². The van der Waals surface area contributed by atoms with Crippen LogP contribution in [0.2, 0.25) is 0 Å². The highest BCUT2D eigenvalue weighted by atomic mass is 16.2. The Balaban J connectivity index is 1.55. The van der Waals surface area contributed by atoms with E-state index < -0.39 is 0 Å². The summed E-state index contributed by atoms with van der Waals surface area (Å²) in [5, 5.41) is 11.0. The van der Waals surface area contributed by atoms with E-state index in [1.807, 2.05) is 11.0 Å². The number of hydrogen-bond donors (Lipinski definition) is 1. The molecule has 0 unspecified atom stereocenters.